The summed E-state index contributed by atoms with van der Waals surface area (Å²) in [6, 6.07) is 9.24. The van der Waals surface area contributed by atoms with Gasteiger partial charge in [0.25, 0.3) is 0 Å². The molecule has 1 aliphatic heterocycles. The van der Waals surface area contributed by atoms with Crippen molar-refractivity contribution in [3.8, 4) is 5.75 Å². The number of hydrogen-bond donors (Lipinski definition) is 1. The Hall–Kier alpha value is -2.08. The highest BCUT2D eigenvalue weighted by molar-refractivity contribution is 5.78. The van der Waals surface area contributed by atoms with Gasteiger partial charge in [-0.25, -0.2) is 4.79 Å². The molecule has 0 unspecified atom stereocenters. The highest BCUT2D eigenvalue weighted by Gasteiger charge is 2.28. The molecule has 0 spiro atoms. The van der Waals surface area contributed by atoms with Crippen LogP contribution >= 0.6 is 0 Å². The van der Waals surface area contributed by atoms with Crippen molar-refractivity contribution in [1.82, 2.24) is 4.90 Å². The monoisotopic (exact) mass is 279 g/mol. The Labute approximate surface area is 116 Å². The van der Waals surface area contributed by atoms with Crippen LogP contribution < -0.4 is 4.74 Å². The lowest BCUT2D eigenvalue weighted by atomic mass is 10.2. The second-order valence-corrected chi connectivity index (χ2v) is 4.45. The van der Waals surface area contributed by atoms with Crippen LogP contribution in [0, 0.1) is 0 Å². The summed E-state index contributed by atoms with van der Waals surface area (Å²) in [5, 5.41) is 8.87. The topological polar surface area (TPSA) is 76.1 Å². The summed E-state index contributed by atoms with van der Waals surface area (Å²) in [5.74, 6) is -0.441. The number of amides is 1. The maximum atomic E-state index is 12.0. The zero-order valence-corrected chi connectivity index (χ0v) is 11.0. The standard InChI is InChI=1S/C14H17NO5/c16-13(6-8-19-11-4-2-1-3-5-11)15-7-9-20-12(10-15)14(17)18/h1-5,12H,6-10H2,(H,17,18)/t12-/m0/s1. The molecular formula is C14H17NO5. The van der Waals surface area contributed by atoms with Crippen molar-refractivity contribution in [2.24, 2.45) is 0 Å². The maximum absolute atomic E-state index is 12.0. The van der Waals surface area contributed by atoms with E-state index in [-0.39, 0.29) is 32.1 Å². The Bertz CT molecular complexity index is 462. The first kappa shape index (κ1) is 14.3. The average Bonchev–Trinajstić information content (AvgIpc) is 2.48. The van der Waals surface area contributed by atoms with Crippen LogP contribution in [0.1, 0.15) is 6.42 Å². The van der Waals surface area contributed by atoms with Gasteiger partial charge in [-0.3, -0.25) is 4.79 Å². The van der Waals surface area contributed by atoms with Crippen LogP contribution in [-0.2, 0) is 14.3 Å². The Kier molecular flexibility index (Phi) is 4.95. The predicted molar refractivity (Wildman–Crippen MR) is 70.5 cm³/mol. The molecule has 1 aromatic rings. The molecule has 1 N–H and O–H groups in total. The molecule has 0 radical (unpaired) electrons. The van der Waals surface area contributed by atoms with E-state index in [9.17, 15) is 9.59 Å². The Morgan fingerprint density at radius 2 is 2.10 bits per heavy atom. The fraction of sp³-hybridized carbons (Fsp3) is 0.429. The predicted octanol–water partition coefficient (Wildman–Crippen LogP) is 0.767. The smallest absolute Gasteiger partial charge is 0.334 e. The lowest BCUT2D eigenvalue weighted by Gasteiger charge is -2.30. The number of morpholine rings is 1. The molecule has 1 atom stereocenters. The third-order valence-corrected chi connectivity index (χ3v) is 3.02. The van der Waals surface area contributed by atoms with Gasteiger partial charge in [-0.15, -0.1) is 0 Å². The molecule has 1 saturated heterocycles. The highest BCUT2D eigenvalue weighted by Crippen LogP contribution is 2.10. The summed E-state index contributed by atoms with van der Waals surface area (Å²) in [5.41, 5.74) is 0. The van der Waals surface area contributed by atoms with Crippen LogP contribution in [0.2, 0.25) is 0 Å². The fourth-order valence-corrected chi connectivity index (χ4v) is 1.96. The van der Waals surface area contributed by atoms with Crippen molar-refractivity contribution < 1.29 is 24.2 Å². The lowest BCUT2D eigenvalue weighted by Crippen LogP contribution is -2.48. The van der Waals surface area contributed by atoms with Crippen LogP contribution in [0.25, 0.3) is 0 Å². The van der Waals surface area contributed by atoms with Gasteiger partial charge in [0, 0.05) is 6.54 Å². The second kappa shape index (κ2) is 6.91. The number of rotatable bonds is 5. The van der Waals surface area contributed by atoms with Crippen LogP contribution in [-0.4, -0.2) is 54.3 Å². The molecule has 1 amide bonds. The normalized spacial score (nSPS) is 18.6. The molecular weight excluding hydrogens is 262 g/mol. The van der Waals surface area contributed by atoms with Crippen LogP contribution in [0.15, 0.2) is 30.3 Å². The molecule has 1 fully saturated rings. The summed E-state index contributed by atoms with van der Waals surface area (Å²) >= 11 is 0. The molecule has 2 rings (SSSR count). The van der Waals surface area contributed by atoms with Crippen LogP contribution in [0.5, 0.6) is 5.75 Å². The molecule has 0 bridgehead atoms. The number of para-hydroxylation sites is 1. The minimum Gasteiger partial charge on any atom is -0.493 e. The van der Waals surface area contributed by atoms with E-state index in [1.807, 2.05) is 30.3 Å². The number of carbonyl (C=O) groups excluding carboxylic acids is 1. The molecule has 20 heavy (non-hydrogen) atoms. The van der Waals surface area contributed by atoms with E-state index in [4.69, 9.17) is 14.6 Å². The highest BCUT2D eigenvalue weighted by atomic mass is 16.5. The van der Waals surface area contributed by atoms with E-state index >= 15 is 0 Å². The molecule has 0 saturated carbocycles. The van der Waals surface area contributed by atoms with Crippen LogP contribution in [0.3, 0.4) is 0 Å². The van der Waals surface area contributed by atoms with E-state index < -0.39 is 12.1 Å². The van der Waals surface area contributed by atoms with Gasteiger partial charge < -0.3 is 19.5 Å². The van der Waals surface area contributed by atoms with Gasteiger partial charge in [0.2, 0.25) is 5.91 Å². The Balaban J connectivity index is 1.75. The van der Waals surface area contributed by atoms with Gasteiger partial charge in [0.15, 0.2) is 6.10 Å². The quantitative estimate of drug-likeness (QED) is 0.861. The van der Waals surface area contributed by atoms with E-state index in [0.717, 1.165) is 0 Å². The van der Waals surface area contributed by atoms with Crippen molar-refractivity contribution >= 4 is 11.9 Å². The number of carboxylic acids is 1. The number of benzene rings is 1. The fourth-order valence-electron chi connectivity index (χ4n) is 1.96. The number of carbonyl (C=O) groups is 2. The van der Waals surface area contributed by atoms with E-state index in [1.165, 1.54) is 4.90 Å². The minimum atomic E-state index is -1.04. The van der Waals surface area contributed by atoms with Gasteiger partial charge in [-0.2, -0.15) is 0 Å². The number of hydrogen-bond acceptors (Lipinski definition) is 4. The molecule has 6 heteroatoms. The Morgan fingerprint density at radius 3 is 2.80 bits per heavy atom. The molecule has 0 aromatic heterocycles. The number of nitrogens with zero attached hydrogens (tertiary/aromatic N) is 1. The van der Waals surface area contributed by atoms with Crippen molar-refractivity contribution in [1.29, 1.82) is 0 Å². The number of ether oxygens (including phenoxy) is 2. The van der Waals surface area contributed by atoms with E-state index in [2.05, 4.69) is 0 Å². The van der Waals surface area contributed by atoms with Crippen molar-refractivity contribution in [3.63, 3.8) is 0 Å². The molecule has 6 nitrogen and oxygen atoms in total. The van der Waals surface area contributed by atoms with E-state index in [1.54, 1.807) is 0 Å². The SMILES string of the molecule is O=C(O)[C@@H]1CN(C(=O)CCOc2ccccc2)CCO1. The number of carboxylic acid groups (broad SMARTS) is 1. The van der Waals surface area contributed by atoms with Crippen molar-refractivity contribution in [3.05, 3.63) is 30.3 Å². The van der Waals surface area contributed by atoms with Gasteiger partial charge >= 0.3 is 5.97 Å². The van der Waals surface area contributed by atoms with Crippen LogP contribution in [0.4, 0.5) is 0 Å². The average molecular weight is 279 g/mol. The molecule has 108 valence electrons. The first-order valence-electron chi connectivity index (χ1n) is 6.47. The third-order valence-electron chi connectivity index (χ3n) is 3.02. The van der Waals surface area contributed by atoms with Gasteiger partial charge in [0.1, 0.15) is 5.75 Å². The van der Waals surface area contributed by atoms with Gasteiger partial charge in [-0.05, 0) is 12.1 Å². The second-order valence-electron chi connectivity index (χ2n) is 4.45. The first-order chi connectivity index (χ1) is 9.66. The molecule has 0 aliphatic carbocycles. The molecule has 1 heterocycles. The summed E-state index contributed by atoms with van der Waals surface area (Å²) in [6.07, 6.45) is -0.705. The maximum Gasteiger partial charge on any atom is 0.334 e. The zero-order chi connectivity index (χ0) is 14.4. The summed E-state index contributed by atoms with van der Waals surface area (Å²) in [6.45, 7) is 1.05. The lowest BCUT2D eigenvalue weighted by molar-refractivity contribution is -0.159. The third kappa shape index (κ3) is 3.96. The minimum absolute atomic E-state index is 0.0967. The Morgan fingerprint density at radius 1 is 1.35 bits per heavy atom. The zero-order valence-electron chi connectivity index (χ0n) is 11.0. The van der Waals surface area contributed by atoms with Crippen molar-refractivity contribution in [2.75, 3.05) is 26.3 Å². The molecule has 1 aromatic carbocycles. The molecule has 1 aliphatic rings. The first-order valence-corrected chi connectivity index (χ1v) is 6.47. The van der Waals surface area contributed by atoms with Gasteiger partial charge in [0.05, 0.1) is 26.2 Å². The van der Waals surface area contributed by atoms with Crippen molar-refractivity contribution in [2.45, 2.75) is 12.5 Å². The van der Waals surface area contributed by atoms with Gasteiger partial charge in [-0.1, -0.05) is 18.2 Å². The summed E-state index contributed by atoms with van der Waals surface area (Å²) in [7, 11) is 0. The summed E-state index contributed by atoms with van der Waals surface area (Å²) in [4.78, 5) is 24.3. The summed E-state index contributed by atoms with van der Waals surface area (Å²) < 4.78 is 10.5. The largest absolute Gasteiger partial charge is 0.493 e. The number of aliphatic carboxylic acids is 1. The van der Waals surface area contributed by atoms with E-state index in [0.29, 0.717) is 12.3 Å².